The van der Waals surface area contributed by atoms with Crippen LogP contribution in [0.15, 0.2) is 36.4 Å². The second kappa shape index (κ2) is 6.76. The first kappa shape index (κ1) is 17.3. The normalized spacial score (nSPS) is 15.3. The minimum Gasteiger partial charge on any atom is -0.282 e. The number of benzene rings is 2. The zero-order valence-electron chi connectivity index (χ0n) is 15.2. The Kier molecular flexibility index (Phi) is 4.67. The van der Waals surface area contributed by atoms with Crippen LogP contribution in [-0.2, 0) is 4.79 Å². The van der Waals surface area contributed by atoms with Gasteiger partial charge in [0.25, 0.3) is 0 Å². The van der Waals surface area contributed by atoms with Crippen LogP contribution in [0.25, 0.3) is 10.8 Å². The van der Waals surface area contributed by atoms with Crippen molar-refractivity contribution in [1.29, 1.82) is 5.26 Å². The summed E-state index contributed by atoms with van der Waals surface area (Å²) >= 11 is 0. The molecule has 0 saturated carbocycles. The summed E-state index contributed by atoms with van der Waals surface area (Å²) < 4.78 is 0. The van der Waals surface area contributed by atoms with Crippen LogP contribution >= 0.6 is 0 Å². The van der Waals surface area contributed by atoms with Gasteiger partial charge in [-0.1, -0.05) is 45.0 Å². The van der Waals surface area contributed by atoms with E-state index >= 15 is 0 Å². The van der Waals surface area contributed by atoms with Crippen LogP contribution in [0.5, 0.6) is 0 Å². The van der Waals surface area contributed by atoms with Crippen LogP contribution in [-0.4, -0.2) is 24.0 Å². The van der Waals surface area contributed by atoms with Gasteiger partial charge in [0.1, 0.15) is 0 Å². The lowest BCUT2D eigenvalue weighted by atomic mass is 9.91. The SMILES string of the molecule is CC(C)(C)CC(=O)N1CCCCN1c1ccc(C#N)c2ccccc12. The number of amides is 1. The van der Waals surface area contributed by atoms with Crippen molar-refractivity contribution in [1.82, 2.24) is 5.01 Å². The maximum absolute atomic E-state index is 12.9. The third kappa shape index (κ3) is 3.61. The Balaban J connectivity index is 2.03. The number of rotatable bonds is 2. The first-order chi connectivity index (χ1) is 11.9. The maximum atomic E-state index is 12.9. The van der Waals surface area contributed by atoms with Crippen LogP contribution in [0.4, 0.5) is 5.69 Å². The molecule has 0 bridgehead atoms. The minimum absolute atomic E-state index is 0.0348. The predicted molar refractivity (Wildman–Crippen MR) is 101 cm³/mol. The summed E-state index contributed by atoms with van der Waals surface area (Å²) in [5, 5.41) is 15.4. The number of hydrogen-bond acceptors (Lipinski definition) is 3. The highest BCUT2D eigenvalue weighted by molar-refractivity contribution is 5.98. The molecule has 1 heterocycles. The van der Waals surface area contributed by atoms with Crippen molar-refractivity contribution in [2.75, 3.05) is 18.1 Å². The molecular formula is C21H25N3O. The number of hydrogen-bond donors (Lipinski definition) is 0. The van der Waals surface area contributed by atoms with Crippen molar-refractivity contribution in [2.45, 2.75) is 40.0 Å². The molecule has 1 aliphatic rings. The fourth-order valence-electron chi connectivity index (χ4n) is 3.43. The van der Waals surface area contributed by atoms with Gasteiger partial charge in [0.15, 0.2) is 0 Å². The van der Waals surface area contributed by atoms with Crippen molar-refractivity contribution < 1.29 is 4.79 Å². The molecule has 1 saturated heterocycles. The monoisotopic (exact) mass is 335 g/mol. The summed E-state index contributed by atoms with van der Waals surface area (Å²) in [6.45, 7) is 7.86. The Hall–Kier alpha value is -2.54. The average molecular weight is 335 g/mol. The number of nitrogens with zero attached hydrogens (tertiary/aromatic N) is 3. The number of fused-ring (bicyclic) bond motifs is 1. The topological polar surface area (TPSA) is 47.3 Å². The molecular weight excluding hydrogens is 310 g/mol. The summed E-state index contributed by atoms with van der Waals surface area (Å²) in [5.41, 5.74) is 1.65. The summed E-state index contributed by atoms with van der Waals surface area (Å²) in [7, 11) is 0. The first-order valence-electron chi connectivity index (χ1n) is 8.90. The van der Waals surface area contributed by atoms with Gasteiger partial charge in [-0.3, -0.25) is 14.8 Å². The molecule has 4 nitrogen and oxygen atoms in total. The molecule has 0 atom stereocenters. The number of carbonyl (C=O) groups is 1. The fraction of sp³-hybridized carbons (Fsp3) is 0.429. The predicted octanol–water partition coefficient (Wildman–Crippen LogP) is 4.49. The molecule has 0 aromatic heterocycles. The van der Waals surface area contributed by atoms with Gasteiger partial charge >= 0.3 is 0 Å². The number of hydrazine groups is 1. The molecule has 2 aromatic rings. The number of nitriles is 1. The Labute approximate surface area is 149 Å². The third-order valence-corrected chi connectivity index (χ3v) is 4.55. The van der Waals surface area contributed by atoms with Crippen molar-refractivity contribution >= 4 is 22.4 Å². The van der Waals surface area contributed by atoms with Crippen LogP contribution in [0.1, 0.15) is 45.6 Å². The van der Waals surface area contributed by atoms with E-state index in [9.17, 15) is 10.1 Å². The van der Waals surface area contributed by atoms with Crippen LogP contribution in [0.2, 0.25) is 0 Å². The summed E-state index contributed by atoms with van der Waals surface area (Å²) in [5.74, 6) is 0.167. The van der Waals surface area contributed by atoms with Gasteiger partial charge in [-0.05, 0) is 30.4 Å². The van der Waals surface area contributed by atoms with Gasteiger partial charge in [0, 0.05) is 30.3 Å². The highest BCUT2D eigenvalue weighted by Crippen LogP contribution is 2.33. The molecule has 0 unspecified atom stereocenters. The van der Waals surface area contributed by atoms with E-state index in [0.29, 0.717) is 12.0 Å². The largest absolute Gasteiger partial charge is 0.282 e. The van der Waals surface area contributed by atoms with E-state index in [0.717, 1.165) is 42.4 Å². The lowest BCUT2D eigenvalue weighted by molar-refractivity contribution is -0.134. The summed E-state index contributed by atoms with van der Waals surface area (Å²) in [4.78, 5) is 12.9. The van der Waals surface area contributed by atoms with Gasteiger partial charge in [-0.25, -0.2) is 0 Å². The lowest BCUT2D eigenvalue weighted by Gasteiger charge is -2.41. The Morgan fingerprint density at radius 2 is 1.76 bits per heavy atom. The minimum atomic E-state index is -0.0348. The molecule has 0 radical (unpaired) electrons. The number of carbonyl (C=O) groups excluding carboxylic acids is 1. The fourth-order valence-corrected chi connectivity index (χ4v) is 3.43. The lowest BCUT2D eigenvalue weighted by Crippen LogP contribution is -2.51. The van der Waals surface area contributed by atoms with Crippen LogP contribution in [0.3, 0.4) is 0 Å². The summed E-state index contributed by atoms with van der Waals surface area (Å²) in [6.07, 6.45) is 2.62. The average Bonchev–Trinajstić information content (AvgIpc) is 2.59. The van der Waals surface area contributed by atoms with Crippen molar-refractivity contribution in [2.24, 2.45) is 5.41 Å². The first-order valence-corrected chi connectivity index (χ1v) is 8.90. The van der Waals surface area contributed by atoms with E-state index in [4.69, 9.17) is 0 Å². The molecule has 1 fully saturated rings. The zero-order chi connectivity index (χ0) is 18.0. The Morgan fingerprint density at radius 1 is 1.08 bits per heavy atom. The Morgan fingerprint density at radius 3 is 2.44 bits per heavy atom. The van der Waals surface area contributed by atoms with Crippen molar-refractivity contribution in [3.05, 3.63) is 42.0 Å². The van der Waals surface area contributed by atoms with Gasteiger partial charge in [0.2, 0.25) is 5.91 Å². The molecule has 0 spiro atoms. The highest BCUT2D eigenvalue weighted by atomic mass is 16.2. The van der Waals surface area contributed by atoms with Crippen molar-refractivity contribution in [3.8, 4) is 6.07 Å². The van der Waals surface area contributed by atoms with E-state index in [2.05, 4.69) is 31.8 Å². The van der Waals surface area contributed by atoms with E-state index in [1.807, 2.05) is 41.4 Å². The molecule has 1 amide bonds. The smallest absolute Gasteiger partial charge is 0.241 e. The number of anilines is 1. The van der Waals surface area contributed by atoms with E-state index < -0.39 is 0 Å². The molecule has 130 valence electrons. The summed E-state index contributed by atoms with van der Waals surface area (Å²) in [6, 6.07) is 14.0. The Bertz CT molecular complexity index is 829. The maximum Gasteiger partial charge on any atom is 0.241 e. The molecule has 25 heavy (non-hydrogen) atoms. The van der Waals surface area contributed by atoms with E-state index in [1.54, 1.807) is 0 Å². The van der Waals surface area contributed by atoms with Gasteiger partial charge in [-0.15, -0.1) is 0 Å². The molecule has 2 aromatic carbocycles. The van der Waals surface area contributed by atoms with E-state index in [-0.39, 0.29) is 11.3 Å². The molecule has 3 rings (SSSR count). The zero-order valence-corrected chi connectivity index (χ0v) is 15.2. The van der Waals surface area contributed by atoms with Crippen molar-refractivity contribution in [3.63, 3.8) is 0 Å². The standard InChI is InChI=1S/C21H25N3O/c1-21(2,3)14-20(25)24-13-7-6-12-23(24)19-11-10-16(15-22)17-8-4-5-9-18(17)19/h4-5,8-11H,6-7,12-14H2,1-3H3. The molecule has 4 heteroatoms. The molecule has 0 N–H and O–H groups in total. The van der Waals surface area contributed by atoms with Gasteiger partial charge < -0.3 is 0 Å². The third-order valence-electron chi connectivity index (χ3n) is 4.55. The quantitative estimate of drug-likeness (QED) is 0.812. The molecule has 1 aliphatic heterocycles. The second-order valence-corrected chi connectivity index (χ2v) is 7.87. The highest BCUT2D eigenvalue weighted by Gasteiger charge is 2.29. The van der Waals surface area contributed by atoms with Crippen LogP contribution in [0, 0.1) is 16.7 Å². The van der Waals surface area contributed by atoms with Gasteiger partial charge in [-0.2, -0.15) is 5.26 Å². The van der Waals surface area contributed by atoms with E-state index in [1.165, 1.54) is 0 Å². The molecule has 0 aliphatic carbocycles. The van der Waals surface area contributed by atoms with Crippen LogP contribution < -0.4 is 5.01 Å². The van der Waals surface area contributed by atoms with Gasteiger partial charge in [0.05, 0.1) is 17.3 Å². The second-order valence-electron chi connectivity index (χ2n) is 7.87.